The van der Waals surface area contributed by atoms with Crippen molar-refractivity contribution in [3.05, 3.63) is 15.8 Å². The number of hydrogen-bond acceptors (Lipinski definition) is 5. The Morgan fingerprint density at radius 3 is 2.55 bits per heavy atom. The minimum atomic E-state index is -0.887. The normalized spacial score (nSPS) is 12.4. The van der Waals surface area contributed by atoms with Crippen LogP contribution < -0.4 is 5.32 Å². The summed E-state index contributed by atoms with van der Waals surface area (Å²) in [5.74, 6) is -0.768. The molecule has 0 amide bonds. The Morgan fingerprint density at radius 2 is 2.10 bits per heavy atom. The van der Waals surface area contributed by atoms with E-state index in [4.69, 9.17) is 5.11 Å². The quantitative estimate of drug-likeness (QED) is 0.585. The summed E-state index contributed by atoms with van der Waals surface area (Å²) >= 11 is 0. The Kier molecular flexibility index (Phi) is 5.06. The molecule has 1 heterocycles. The van der Waals surface area contributed by atoms with Crippen molar-refractivity contribution in [1.29, 1.82) is 0 Å². The molecule has 0 bridgehead atoms. The topological polar surface area (TPSA) is 110 Å². The molecule has 8 nitrogen and oxygen atoms in total. The Hall–Kier alpha value is -2.12. The highest BCUT2D eigenvalue weighted by Gasteiger charge is 2.28. The van der Waals surface area contributed by atoms with Crippen LogP contribution in [0.2, 0.25) is 0 Å². The zero-order valence-corrected chi connectivity index (χ0v) is 12.1. The van der Waals surface area contributed by atoms with Crippen LogP contribution in [0.25, 0.3) is 0 Å². The molecule has 0 saturated heterocycles. The van der Waals surface area contributed by atoms with Gasteiger partial charge in [-0.1, -0.05) is 20.8 Å². The molecular formula is C12H20N4O4. The predicted octanol–water partition coefficient (Wildman–Crippen LogP) is 1.97. The first kappa shape index (κ1) is 15.9. The van der Waals surface area contributed by atoms with E-state index >= 15 is 0 Å². The number of nitrogens with zero attached hydrogens (tertiary/aromatic N) is 3. The zero-order chi connectivity index (χ0) is 15.4. The lowest BCUT2D eigenvalue weighted by Crippen LogP contribution is -2.17. The number of rotatable bonds is 7. The third-order valence-corrected chi connectivity index (χ3v) is 2.92. The number of carboxylic acids is 1. The van der Waals surface area contributed by atoms with Gasteiger partial charge in [-0.15, -0.1) is 0 Å². The molecule has 1 unspecified atom stereocenters. The van der Waals surface area contributed by atoms with Crippen molar-refractivity contribution < 1.29 is 14.8 Å². The molecule has 0 aliphatic rings. The van der Waals surface area contributed by atoms with Crippen LogP contribution in [0, 0.1) is 16.0 Å². The van der Waals surface area contributed by atoms with E-state index in [9.17, 15) is 14.9 Å². The largest absolute Gasteiger partial charge is 0.481 e. The first-order chi connectivity index (χ1) is 9.23. The molecule has 8 heteroatoms. The number of nitrogens with one attached hydrogen (secondary N) is 1. The van der Waals surface area contributed by atoms with Crippen LogP contribution in [0.15, 0.2) is 0 Å². The van der Waals surface area contributed by atoms with Crippen molar-refractivity contribution in [2.24, 2.45) is 13.0 Å². The highest BCUT2D eigenvalue weighted by molar-refractivity contribution is 5.67. The second-order valence-corrected chi connectivity index (χ2v) is 5.20. The Labute approximate surface area is 116 Å². The van der Waals surface area contributed by atoms with Crippen molar-refractivity contribution in [3.63, 3.8) is 0 Å². The van der Waals surface area contributed by atoms with Crippen molar-refractivity contribution in [1.82, 2.24) is 9.78 Å². The van der Waals surface area contributed by atoms with Crippen molar-refractivity contribution in [2.75, 3.05) is 11.9 Å². The fourth-order valence-corrected chi connectivity index (χ4v) is 1.94. The third-order valence-electron chi connectivity index (χ3n) is 2.92. The molecule has 0 fully saturated rings. The summed E-state index contributed by atoms with van der Waals surface area (Å²) in [5, 5.41) is 27.0. The van der Waals surface area contributed by atoms with Gasteiger partial charge in [0.1, 0.15) is 5.69 Å². The maximum atomic E-state index is 11.2. The van der Waals surface area contributed by atoms with Gasteiger partial charge < -0.3 is 10.4 Å². The molecule has 1 atom stereocenters. The van der Waals surface area contributed by atoms with Gasteiger partial charge in [-0.05, 0) is 5.92 Å². The van der Waals surface area contributed by atoms with Gasteiger partial charge in [0.05, 0.1) is 4.92 Å². The lowest BCUT2D eigenvalue weighted by molar-refractivity contribution is -0.384. The van der Waals surface area contributed by atoms with Gasteiger partial charge in [-0.3, -0.25) is 14.9 Å². The average molecular weight is 284 g/mol. The summed E-state index contributed by atoms with van der Waals surface area (Å²) in [4.78, 5) is 21.4. The molecular weight excluding hydrogens is 264 g/mol. The highest BCUT2D eigenvalue weighted by atomic mass is 16.6. The van der Waals surface area contributed by atoms with Crippen LogP contribution in [0.4, 0.5) is 11.5 Å². The van der Waals surface area contributed by atoms with Gasteiger partial charge in [0.25, 0.3) is 0 Å². The first-order valence-electron chi connectivity index (χ1n) is 6.41. The van der Waals surface area contributed by atoms with E-state index in [1.807, 2.05) is 13.8 Å². The number of aromatic nitrogens is 2. The third kappa shape index (κ3) is 3.69. The molecule has 0 aliphatic carbocycles. The van der Waals surface area contributed by atoms with E-state index in [-0.39, 0.29) is 23.9 Å². The van der Waals surface area contributed by atoms with E-state index in [0.717, 1.165) is 0 Å². The highest BCUT2D eigenvalue weighted by Crippen LogP contribution is 2.32. The minimum Gasteiger partial charge on any atom is -0.481 e. The van der Waals surface area contributed by atoms with E-state index in [1.54, 1.807) is 14.0 Å². The summed E-state index contributed by atoms with van der Waals surface area (Å²) in [7, 11) is 1.63. The summed E-state index contributed by atoms with van der Waals surface area (Å²) < 4.78 is 1.43. The fraction of sp³-hybridized carbons (Fsp3) is 0.667. The molecule has 1 aromatic heterocycles. The van der Waals surface area contributed by atoms with Crippen molar-refractivity contribution in [3.8, 4) is 0 Å². The van der Waals surface area contributed by atoms with Crippen molar-refractivity contribution >= 4 is 17.5 Å². The predicted molar refractivity (Wildman–Crippen MR) is 73.9 cm³/mol. The monoisotopic (exact) mass is 284 g/mol. The first-order valence-corrected chi connectivity index (χ1v) is 6.41. The second kappa shape index (κ2) is 6.36. The number of anilines is 1. The number of aryl methyl sites for hydroxylation is 1. The standard InChI is InChI=1S/C12H20N4O4/c1-7(2)10-11(16(19)20)12(15(4)14-10)13-6-8(3)5-9(17)18/h7-8,13H,5-6H2,1-4H3,(H,17,18). The molecule has 1 rings (SSSR count). The van der Waals surface area contributed by atoms with Crippen LogP contribution in [-0.4, -0.2) is 32.3 Å². The summed E-state index contributed by atoms with van der Waals surface area (Å²) in [6, 6.07) is 0. The van der Waals surface area contributed by atoms with E-state index in [1.165, 1.54) is 4.68 Å². The van der Waals surface area contributed by atoms with Gasteiger partial charge >= 0.3 is 11.7 Å². The number of aliphatic carboxylic acids is 1. The van der Waals surface area contributed by atoms with Crippen LogP contribution in [-0.2, 0) is 11.8 Å². The number of nitro groups is 1. The minimum absolute atomic E-state index is 0.00961. The number of hydrogen-bond donors (Lipinski definition) is 2. The summed E-state index contributed by atoms with van der Waals surface area (Å²) in [5.41, 5.74) is 0.385. The molecule has 0 spiro atoms. The molecule has 0 saturated carbocycles. The van der Waals surface area contributed by atoms with Gasteiger partial charge in [0.2, 0.25) is 5.82 Å². The van der Waals surface area contributed by atoms with E-state index in [0.29, 0.717) is 18.1 Å². The number of carboxylic acid groups (broad SMARTS) is 1. The molecule has 20 heavy (non-hydrogen) atoms. The molecule has 0 aromatic carbocycles. The lowest BCUT2D eigenvalue weighted by atomic mass is 10.1. The van der Waals surface area contributed by atoms with Crippen molar-refractivity contribution in [2.45, 2.75) is 33.1 Å². The molecule has 0 aliphatic heterocycles. The fourth-order valence-electron chi connectivity index (χ4n) is 1.94. The molecule has 1 aromatic rings. The van der Waals surface area contributed by atoms with E-state index in [2.05, 4.69) is 10.4 Å². The Balaban J connectivity index is 2.94. The molecule has 0 radical (unpaired) electrons. The van der Waals surface area contributed by atoms with Crippen LogP contribution in [0.3, 0.4) is 0 Å². The second-order valence-electron chi connectivity index (χ2n) is 5.20. The Bertz CT molecular complexity index is 510. The SMILES string of the molecule is CC(CNc1c([N+](=O)[O-])c(C(C)C)nn1C)CC(=O)O. The van der Waals surface area contributed by atoms with Crippen LogP contribution in [0.1, 0.15) is 38.8 Å². The average Bonchev–Trinajstić information content (AvgIpc) is 2.63. The van der Waals surface area contributed by atoms with E-state index < -0.39 is 10.9 Å². The lowest BCUT2D eigenvalue weighted by Gasteiger charge is -2.11. The van der Waals surface area contributed by atoms with Gasteiger partial charge in [-0.2, -0.15) is 5.10 Å². The van der Waals surface area contributed by atoms with Crippen LogP contribution >= 0.6 is 0 Å². The van der Waals surface area contributed by atoms with Crippen LogP contribution in [0.5, 0.6) is 0 Å². The maximum absolute atomic E-state index is 11.2. The summed E-state index contributed by atoms with van der Waals surface area (Å²) in [6.45, 7) is 5.79. The number of carbonyl (C=O) groups is 1. The smallest absolute Gasteiger partial charge is 0.334 e. The van der Waals surface area contributed by atoms with Gasteiger partial charge in [0, 0.05) is 25.9 Å². The molecule has 2 N–H and O–H groups in total. The molecule has 112 valence electrons. The summed E-state index contributed by atoms with van der Waals surface area (Å²) in [6.07, 6.45) is 0.00961. The Morgan fingerprint density at radius 1 is 1.50 bits per heavy atom. The van der Waals surface area contributed by atoms with Gasteiger partial charge in [-0.25, -0.2) is 4.68 Å². The van der Waals surface area contributed by atoms with Gasteiger partial charge in [0.15, 0.2) is 0 Å². The zero-order valence-electron chi connectivity index (χ0n) is 12.1. The maximum Gasteiger partial charge on any atom is 0.334 e.